The van der Waals surface area contributed by atoms with E-state index in [2.05, 4.69) is 15.3 Å². The van der Waals surface area contributed by atoms with Crippen molar-refractivity contribution < 1.29 is 9.59 Å². The zero-order valence-electron chi connectivity index (χ0n) is 17.2. The highest BCUT2D eigenvalue weighted by atomic mass is 16.2. The van der Waals surface area contributed by atoms with Gasteiger partial charge in [0.2, 0.25) is 11.8 Å². The normalized spacial score (nSPS) is 14.2. The number of likely N-dealkylation sites (tertiary alicyclic amines) is 1. The number of amides is 2. The molecule has 0 radical (unpaired) electrons. The van der Waals surface area contributed by atoms with Gasteiger partial charge in [0.1, 0.15) is 17.5 Å². The van der Waals surface area contributed by atoms with Crippen LogP contribution in [0.3, 0.4) is 0 Å². The predicted octanol–water partition coefficient (Wildman–Crippen LogP) is 2.07. The molecule has 0 saturated carbocycles. The zero-order valence-corrected chi connectivity index (χ0v) is 17.2. The number of carbonyl (C=O) groups is 2. The maximum Gasteiger partial charge on any atom is 0.266 e. The number of nitrogens with zero attached hydrogens (tertiary/aromatic N) is 3. The number of aromatic amines is 1. The van der Waals surface area contributed by atoms with Crippen LogP contribution < -0.4 is 10.9 Å². The minimum absolute atomic E-state index is 0.0158. The van der Waals surface area contributed by atoms with Gasteiger partial charge in [-0.25, -0.2) is 4.98 Å². The summed E-state index contributed by atoms with van der Waals surface area (Å²) in [6, 6.07) is 7.28. The molecule has 3 heterocycles. The topological polar surface area (TPSA) is 119 Å². The van der Waals surface area contributed by atoms with Gasteiger partial charge in [0, 0.05) is 37.3 Å². The number of aromatic nitrogens is 2. The Morgan fingerprint density at radius 3 is 2.67 bits per heavy atom. The molecule has 156 valence electrons. The lowest BCUT2D eigenvalue weighted by Crippen LogP contribution is -2.41. The summed E-state index contributed by atoms with van der Waals surface area (Å²) in [6.45, 7) is 4.59. The molecule has 8 nitrogen and oxygen atoms in total. The van der Waals surface area contributed by atoms with E-state index in [0.29, 0.717) is 55.8 Å². The van der Waals surface area contributed by atoms with Crippen molar-refractivity contribution in [3.63, 3.8) is 0 Å². The van der Waals surface area contributed by atoms with Crippen LogP contribution in [0.1, 0.15) is 41.6 Å². The molecule has 2 aromatic rings. The summed E-state index contributed by atoms with van der Waals surface area (Å²) in [6.07, 6.45) is 3.60. The van der Waals surface area contributed by atoms with E-state index in [4.69, 9.17) is 0 Å². The van der Waals surface area contributed by atoms with Gasteiger partial charge in [0.25, 0.3) is 5.56 Å². The third-order valence-corrected chi connectivity index (χ3v) is 5.64. The fraction of sp³-hybridized carbons (Fsp3) is 0.409. The summed E-state index contributed by atoms with van der Waals surface area (Å²) in [5, 5.41) is 12.0. The standard InChI is InChI=1S/C22H25N5O3/c1-14-17(15(2)25-22(30)18(14)13-23)6-7-20(28)27-11-8-16(9-12-27)21(29)26-19-5-3-4-10-24-19/h3-5,10,16H,6-9,11-12H2,1-2H3,(H,25,30)(H,24,26,29). The van der Waals surface area contributed by atoms with Gasteiger partial charge in [-0.2, -0.15) is 5.26 Å². The van der Waals surface area contributed by atoms with E-state index < -0.39 is 5.56 Å². The molecular weight excluding hydrogens is 382 g/mol. The molecule has 2 amide bonds. The van der Waals surface area contributed by atoms with Crippen LogP contribution in [0.25, 0.3) is 0 Å². The second kappa shape index (κ2) is 9.35. The van der Waals surface area contributed by atoms with Gasteiger partial charge >= 0.3 is 0 Å². The van der Waals surface area contributed by atoms with Gasteiger partial charge in [-0.3, -0.25) is 14.4 Å². The summed E-state index contributed by atoms with van der Waals surface area (Å²) in [7, 11) is 0. The van der Waals surface area contributed by atoms with Crippen molar-refractivity contribution in [3.8, 4) is 6.07 Å². The SMILES string of the molecule is Cc1[nH]c(=O)c(C#N)c(C)c1CCC(=O)N1CCC(C(=O)Nc2ccccn2)CC1. The van der Waals surface area contributed by atoms with Crippen LogP contribution in [0.5, 0.6) is 0 Å². The van der Waals surface area contributed by atoms with Gasteiger partial charge in [0.05, 0.1) is 0 Å². The molecule has 0 bridgehead atoms. The van der Waals surface area contributed by atoms with Crippen molar-refractivity contribution >= 4 is 17.6 Å². The summed E-state index contributed by atoms with van der Waals surface area (Å²) in [5.41, 5.74) is 1.87. The molecular formula is C22H25N5O3. The van der Waals surface area contributed by atoms with Gasteiger partial charge in [0.15, 0.2) is 0 Å². The maximum atomic E-state index is 12.7. The van der Waals surface area contributed by atoms with Crippen LogP contribution in [0.15, 0.2) is 29.2 Å². The number of nitriles is 1. The molecule has 1 fully saturated rings. The Bertz CT molecular complexity index is 1030. The largest absolute Gasteiger partial charge is 0.343 e. The van der Waals surface area contributed by atoms with Crippen LogP contribution in [0, 0.1) is 31.1 Å². The highest BCUT2D eigenvalue weighted by molar-refractivity contribution is 5.91. The molecule has 0 unspecified atom stereocenters. The van der Waals surface area contributed by atoms with Crippen LogP contribution in [0.4, 0.5) is 5.82 Å². The van der Waals surface area contributed by atoms with E-state index in [0.717, 1.165) is 5.56 Å². The van der Waals surface area contributed by atoms with Gasteiger partial charge in [-0.1, -0.05) is 6.07 Å². The third-order valence-electron chi connectivity index (χ3n) is 5.64. The van der Waals surface area contributed by atoms with Crippen LogP contribution in [0.2, 0.25) is 0 Å². The molecule has 0 aliphatic carbocycles. The van der Waals surface area contributed by atoms with Crippen molar-refractivity contribution in [1.29, 1.82) is 5.26 Å². The first-order chi connectivity index (χ1) is 14.4. The Balaban J connectivity index is 1.53. The highest BCUT2D eigenvalue weighted by Crippen LogP contribution is 2.21. The van der Waals surface area contributed by atoms with Crippen molar-refractivity contribution in [3.05, 3.63) is 57.1 Å². The minimum Gasteiger partial charge on any atom is -0.343 e. The summed E-state index contributed by atoms with van der Waals surface area (Å²) >= 11 is 0. The number of carbonyl (C=O) groups excluding carboxylic acids is 2. The number of anilines is 1. The van der Waals surface area contributed by atoms with E-state index in [-0.39, 0.29) is 23.3 Å². The van der Waals surface area contributed by atoms with Crippen molar-refractivity contribution in [2.75, 3.05) is 18.4 Å². The first kappa shape index (κ1) is 21.2. The summed E-state index contributed by atoms with van der Waals surface area (Å²) in [5.74, 6) is 0.341. The Kier molecular flexibility index (Phi) is 6.62. The molecule has 1 aliphatic heterocycles. The number of nitrogens with one attached hydrogen (secondary N) is 2. The van der Waals surface area contributed by atoms with Crippen LogP contribution in [-0.4, -0.2) is 39.8 Å². The monoisotopic (exact) mass is 407 g/mol. The number of H-pyrrole nitrogens is 1. The molecule has 2 aromatic heterocycles. The minimum atomic E-state index is -0.395. The molecule has 0 aromatic carbocycles. The molecule has 1 saturated heterocycles. The summed E-state index contributed by atoms with van der Waals surface area (Å²) in [4.78, 5) is 45.5. The molecule has 30 heavy (non-hydrogen) atoms. The number of aryl methyl sites for hydroxylation is 1. The average molecular weight is 407 g/mol. The van der Waals surface area contributed by atoms with Crippen molar-refractivity contribution in [2.24, 2.45) is 5.92 Å². The molecule has 1 aliphatic rings. The van der Waals surface area contributed by atoms with E-state index in [1.807, 2.05) is 12.1 Å². The molecule has 0 spiro atoms. The van der Waals surface area contributed by atoms with Gasteiger partial charge in [-0.05, 0) is 56.4 Å². The number of piperidine rings is 1. The lowest BCUT2D eigenvalue weighted by atomic mass is 9.95. The van der Waals surface area contributed by atoms with Gasteiger partial charge < -0.3 is 15.2 Å². The van der Waals surface area contributed by atoms with Gasteiger partial charge in [-0.15, -0.1) is 0 Å². The number of rotatable bonds is 5. The Morgan fingerprint density at radius 2 is 2.03 bits per heavy atom. The summed E-state index contributed by atoms with van der Waals surface area (Å²) < 4.78 is 0. The maximum absolute atomic E-state index is 12.7. The zero-order chi connectivity index (χ0) is 21.7. The first-order valence-electron chi connectivity index (χ1n) is 10.0. The van der Waals surface area contributed by atoms with E-state index >= 15 is 0 Å². The Labute approximate surface area is 174 Å². The van der Waals surface area contributed by atoms with Crippen molar-refractivity contribution in [2.45, 2.75) is 39.5 Å². The number of hydrogen-bond donors (Lipinski definition) is 2. The van der Waals surface area contributed by atoms with E-state index in [1.54, 1.807) is 37.1 Å². The van der Waals surface area contributed by atoms with E-state index in [1.165, 1.54) is 0 Å². The smallest absolute Gasteiger partial charge is 0.266 e. The second-order valence-electron chi connectivity index (χ2n) is 7.53. The Hall–Kier alpha value is -3.47. The second-order valence-corrected chi connectivity index (χ2v) is 7.53. The third kappa shape index (κ3) is 4.74. The Morgan fingerprint density at radius 1 is 1.30 bits per heavy atom. The van der Waals surface area contributed by atoms with Crippen LogP contribution >= 0.6 is 0 Å². The number of hydrogen-bond acceptors (Lipinski definition) is 5. The molecule has 0 atom stereocenters. The quantitative estimate of drug-likeness (QED) is 0.786. The fourth-order valence-electron chi connectivity index (χ4n) is 3.87. The first-order valence-corrected chi connectivity index (χ1v) is 10.0. The van der Waals surface area contributed by atoms with E-state index in [9.17, 15) is 19.6 Å². The van der Waals surface area contributed by atoms with Crippen molar-refractivity contribution in [1.82, 2.24) is 14.9 Å². The molecule has 3 rings (SSSR count). The lowest BCUT2D eigenvalue weighted by molar-refractivity contribution is -0.134. The lowest BCUT2D eigenvalue weighted by Gasteiger charge is -2.31. The molecule has 8 heteroatoms. The highest BCUT2D eigenvalue weighted by Gasteiger charge is 2.27. The average Bonchev–Trinajstić information content (AvgIpc) is 2.74. The number of pyridine rings is 2. The molecule has 2 N–H and O–H groups in total. The van der Waals surface area contributed by atoms with Crippen LogP contribution in [-0.2, 0) is 16.0 Å². The fourth-order valence-corrected chi connectivity index (χ4v) is 3.87. The predicted molar refractivity (Wildman–Crippen MR) is 112 cm³/mol.